The summed E-state index contributed by atoms with van der Waals surface area (Å²) in [6.45, 7) is 8.84. The van der Waals surface area contributed by atoms with E-state index in [4.69, 9.17) is 0 Å². The van der Waals surface area contributed by atoms with Crippen LogP contribution < -0.4 is 10.6 Å². The normalized spacial score (nSPS) is 13.5. The molecule has 1 aromatic carbocycles. The smallest absolute Gasteiger partial charge is 0.315 e. The van der Waals surface area contributed by atoms with E-state index in [-0.39, 0.29) is 18.1 Å². The molecule has 22 heavy (non-hydrogen) atoms. The number of hydrogen-bond acceptors (Lipinski definition) is 2. The first-order valence-corrected chi connectivity index (χ1v) is 7.56. The van der Waals surface area contributed by atoms with Crippen molar-refractivity contribution in [2.24, 2.45) is 0 Å². The van der Waals surface area contributed by atoms with Crippen molar-refractivity contribution >= 4 is 6.03 Å². The highest BCUT2D eigenvalue weighted by atomic mass is 16.2. The van der Waals surface area contributed by atoms with Gasteiger partial charge in [0.05, 0.1) is 12.4 Å². The Labute approximate surface area is 131 Å². The average molecular weight is 300 g/mol. The molecule has 2 aromatic rings. The van der Waals surface area contributed by atoms with Gasteiger partial charge in [-0.3, -0.25) is 0 Å². The van der Waals surface area contributed by atoms with E-state index in [0.717, 1.165) is 5.56 Å². The van der Waals surface area contributed by atoms with Gasteiger partial charge in [0.25, 0.3) is 0 Å². The Hall–Kier alpha value is -2.30. The number of aryl methyl sites for hydroxylation is 1. The lowest BCUT2D eigenvalue weighted by atomic mass is 9.98. The van der Waals surface area contributed by atoms with Gasteiger partial charge < -0.3 is 15.2 Å². The molecule has 2 atom stereocenters. The third kappa shape index (κ3) is 4.10. The molecule has 5 heteroatoms. The zero-order valence-corrected chi connectivity index (χ0v) is 13.6. The lowest BCUT2D eigenvalue weighted by Crippen LogP contribution is -2.43. The summed E-state index contributed by atoms with van der Waals surface area (Å²) in [5.41, 5.74) is 3.61. The second-order valence-electron chi connectivity index (χ2n) is 5.79. The third-order valence-electron chi connectivity index (χ3n) is 3.88. The molecule has 118 valence electrons. The van der Waals surface area contributed by atoms with Crippen LogP contribution >= 0.6 is 0 Å². The van der Waals surface area contributed by atoms with Gasteiger partial charge in [0.1, 0.15) is 0 Å². The molecule has 0 radical (unpaired) electrons. The van der Waals surface area contributed by atoms with E-state index in [9.17, 15) is 4.79 Å². The number of nitrogens with one attached hydrogen (secondary N) is 2. The molecule has 0 aliphatic heterocycles. The number of aromatic nitrogens is 2. The highest BCUT2D eigenvalue weighted by Gasteiger charge is 2.14. The van der Waals surface area contributed by atoms with E-state index in [1.54, 1.807) is 12.5 Å². The number of rotatable bonds is 5. The summed E-state index contributed by atoms with van der Waals surface area (Å²) in [6.07, 6.45) is 5.36. The van der Waals surface area contributed by atoms with E-state index in [1.165, 1.54) is 11.1 Å². The van der Waals surface area contributed by atoms with Crippen molar-refractivity contribution in [3.63, 3.8) is 0 Å². The summed E-state index contributed by atoms with van der Waals surface area (Å²) in [5.74, 6) is 0. The van der Waals surface area contributed by atoms with Gasteiger partial charge in [0.15, 0.2) is 0 Å². The van der Waals surface area contributed by atoms with Crippen LogP contribution in [-0.2, 0) is 6.54 Å². The second-order valence-corrected chi connectivity index (χ2v) is 5.79. The van der Waals surface area contributed by atoms with Crippen LogP contribution in [0.2, 0.25) is 0 Å². The van der Waals surface area contributed by atoms with Gasteiger partial charge in [-0.05, 0) is 44.4 Å². The molecular weight excluding hydrogens is 276 g/mol. The van der Waals surface area contributed by atoms with Gasteiger partial charge in [-0.25, -0.2) is 9.78 Å². The fourth-order valence-electron chi connectivity index (χ4n) is 2.54. The van der Waals surface area contributed by atoms with Crippen LogP contribution in [0.5, 0.6) is 0 Å². The Morgan fingerprint density at radius 3 is 2.73 bits per heavy atom. The Morgan fingerprint density at radius 2 is 2.05 bits per heavy atom. The van der Waals surface area contributed by atoms with Crippen molar-refractivity contribution in [2.45, 2.75) is 46.3 Å². The molecule has 1 heterocycles. The van der Waals surface area contributed by atoms with Crippen molar-refractivity contribution in [3.8, 4) is 0 Å². The molecule has 2 N–H and O–H groups in total. The van der Waals surface area contributed by atoms with Gasteiger partial charge in [-0.15, -0.1) is 0 Å². The minimum atomic E-state index is -0.152. The number of carbonyl (C=O) groups is 1. The third-order valence-corrected chi connectivity index (χ3v) is 3.88. The van der Waals surface area contributed by atoms with Crippen molar-refractivity contribution in [1.82, 2.24) is 20.2 Å². The molecule has 0 saturated carbocycles. The topological polar surface area (TPSA) is 59.0 Å². The van der Waals surface area contributed by atoms with Crippen LogP contribution in [0.25, 0.3) is 0 Å². The van der Waals surface area contributed by atoms with Crippen LogP contribution in [0.4, 0.5) is 4.79 Å². The number of nitrogens with zero attached hydrogens (tertiary/aromatic N) is 2. The maximum Gasteiger partial charge on any atom is 0.315 e. The summed E-state index contributed by atoms with van der Waals surface area (Å²) in [5, 5.41) is 5.95. The Kier molecular flexibility index (Phi) is 5.20. The summed E-state index contributed by atoms with van der Waals surface area (Å²) >= 11 is 0. The number of hydrogen-bond donors (Lipinski definition) is 2. The number of urea groups is 1. The molecule has 0 bridgehead atoms. The summed E-state index contributed by atoms with van der Waals surface area (Å²) in [6, 6.07) is 6.01. The zero-order chi connectivity index (χ0) is 16.1. The van der Waals surface area contributed by atoms with Gasteiger partial charge in [0.2, 0.25) is 0 Å². The molecule has 0 fully saturated rings. The highest BCUT2D eigenvalue weighted by molar-refractivity contribution is 5.74. The first-order valence-electron chi connectivity index (χ1n) is 7.56. The first kappa shape index (κ1) is 16.1. The fourth-order valence-corrected chi connectivity index (χ4v) is 2.54. The molecule has 5 nitrogen and oxygen atoms in total. The molecule has 1 aromatic heterocycles. The predicted octanol–water partition coefficient (Wildman–Crippen LogP) is 2.95. The quantitative estimate of drug-likeness (QED) is 0.892. The lowest BCUT2D eigenvalue weighted by Gasteiger charge is -2.20. The number of benzene rings is 1. The van der Waals surface area contributed by atoms with Crippen molar-refractivity contribution < 1.29 is 4.79 Å². The molecule has 2 rings (SSSR count). The van der Waals surface area contributed by atoms with E-state index in [0.29, 0.717) is 6.54 Å². The van der Waals surface area contributed by atoms with E-state index in [1.807, 2.05) is 30.7 Å². The standard InChI is InChI=1S/C17H24N4O/c1-12-6-5-7-16(14(12)3)15(4)20-17(22)19-13(2)10-21-9-8-18-11-21/h5-9,11,13,15H,10H2,1-4H3,(H2,19,20,22)/t13-,15-/m1/s1. The van der Waals surface area contributed by atoms with Crippen LogP contribution in [0, 0.1) is 13.8 Å². The molecule has 0 unspecified atom stereocenters. The molecule has 0 saturated heterocycles. The summed E-state index contributed by atoms with van der Waals surface area (Å²) in [4.78, 5) is 16.1. The number of carbonyl (C=O) groups excluding carboxylic acids is 1. The maximum absolute atomic E-state index is 12.1. The van der Waals surface area contributed by atoms with Crippen LogP contribution in [0.3, 0.4) is 0 Å². The van der Waals surface area contributed by atoms with Crippen molar-refractivity contribution in [1.29, 1.82) is 0 Å². The average Bonchev–Trinajstić information content (AvgIpc) is 2.94. The molecule has 0 aliphatic rings. The Morgan fingerprint density at radius 1 is 1.27 bits per heavy atom. The van der Waals surface area contributed by atoms with Crippen LogP contribution in [-0.4, -0.2) is 21.6 Å². The fraction of sp³-hybridized carbons (Fsp3) is 0.412. The number of imidazole rings is 1. The van der Waals surface area contributed by atoms with Gasteiger partial charge in [-0.2, -0.15) is 0 Å². The van der Waals surface area contributed by atoms with Crippen LogP contribution in [0.15, 0.2) is 36.9 Å². The van der Waals surface area contributed by atoms with Crippen molar-refractivity contribution in [2.75, 3.05) is 0 Å². The maximum atomic E-state index is 12.1. The lowest BCUT2D eigenvalue weighted by molar-refractivity contribution is 0.233. The minimum absolute atomic E-state index is 0.0275. The van der Waals surface area contributed by atoms with Crippen molar-refractivity contribution in [3.05, 3.63) is 53.6 Å². The minimum Gasteiger partial charge on any atom is -0.335 e. The Bertz CT molecular complexity index is 622. The monoisotopic (exact) mass is 300 g/mol. The van der Waals surface area contributed by atoms with Crippen LogP contribution in [0.1, 0.15) is 36.6 Å². The number of amides is 2. The van der Waals surface area contributed by atoms with Gasteiger partial charge in [0, 0.05) is 25.0 Å². The molecule has 0 aliphatic carbocycles. The van der Waals surface area contributed by atoms with E-state index < -0.39 is 0 Å². The van der Waals surface area contributed by atoms with E-state index in [2.05, 4.69) is 41.6 Å². The zero-order valence-electron chi connectivity index (χ0n) is 13.6. The molecular formula is C17H24N4O. The summed E-state index contributed by atoms with van der Waals surface area (Å²) < 4.78 is 1.94. The van der Waals surface area contributed by atoms with Gasteiger partial charge in [-0.1, -0.05) is 18.2 Å². The molecule has 0 spiro atoms. The summed E-state index contributed by atoms with van der Waals surface area (Å²) in [7, 11) is 0. The Balaban J connectivity index is 1.89. The first-order chi connectivity index (χ1) is 10.5. The predicted molar refractivity (Wildman–Crippen MR) is 87.7 cm³/mol. The van der Waals surface area contributed by atoms with E-state index >= 15 is 0 Å². The molecule has 2 amide bonds. The second kappa shape index (κ2) is 7.11. The highest BCUT2D eigenvalue weighted by Crippen LogP contribution is 2.19. The van der Waals surface area contributed by atoms with Gasteiger partial charge >= 0.3 is 6.03 Å². The largest absolute Gasteiger partial charge is 0.335 e. The SMILES string of the molecule is Cc1cccc([C@@H](C)NC(=O)N[C@H](C)Cn2ccnc2)c1C.